The molecule has 8 N–H and O–H groups in total. The quantitative estimate of drug-likeness (QED) is 0.179. The number of rotatable bonds is 5. The van der Waals surface area contributed by atoms with Gasteiger partial charge in [0, 0.05) is 49.8 Å². The Balaban J connectivity index is 0.00000162. The van der Waals surface area contributed by atoms with Crippen LogP contribution < -0.4 is 21.3 Å². The van der Waals surface area contributed by atoms with Crippen LogP contribution in [0.2, 0.25) is 0 Å². The largest absolute Gasteiger partial charge is 0.508 e. The zero-order valence-corrected chi connectivity index (χ0v) is 26.0. The number of aliphatic hydroxyl groups is 3. The zero-order chi connectivity index (χ0) is 32.6. The van der Waals surface area contributed by atoms with Crippen LogP contribution in [0, 0.1) is 11.8 Å². The van der Waals surface area contributed by atoms with Crippen LogP contribution in [0.1, 0.15) is 29.5 Å². The van der Waals surface area contributed by atoms with Gasteiger partial charge in [0.2, 0.25) is 9.58 Å². The molecule has 236 valence electrons. The van der Waals surface area contributed by atoms with Gasteiger partial charge in [-0.05, 0) is 44.5 Å². The van der Waals surface area contributed by atoms with Crippen LogP contribution in [0.25, 0.3) is 5.76 Å². The lowest BCUT2D eigenvalue weighted by Crippen LogP contribution is -2.58. The van der Waals surface area contributed by atoms with Gasteiger partial charge in [-0.3, -0.25) is 14.4 Å². The molecule has 0 heterocycles. The Morgan fingerprint density at radius 2 is 1.77 bits per heavy atom. The summed E-state index contributed by atoms with van der Waals surface area (Å²) in [4.78, 5) is 51.7. The van der Waals surface area contributed by atoms with Gasteiger partial charge in [-0.2, -0.15) is 0 Å². The van der Waals surface area contributed by atoms with E-state index in [-0.39, 0.29) is 36.1 Å². The fraction of sp³-hybridized carbons (Fsp3) is 0.481. The molecule has 1 fully saturated rings. The van der Waals surface area contributed by atoms with Crippen molar-refractivity contribution < 1.29 is 44.3 Å². The van der Waals surface area contributed by atoms with Crippen LogP contribution in [0.15, 0.2) is 23.0 Å². The van der Waals surface area contributed by atoms with Crippen molar-refractivity contribution in [3.63, 3.8) is 0 Å². The number of ketones is 2. The number of hydrogen-bond acceptors (Lipinski definition) is 11. The number of alkyl carbamates (subject to hydrolysis) is 1. The van der Waals surface area contributed by atoms with Crippen LogP contribution >= 0.6 is 34.8 Å². The van der Waals surface area contributed by atoms with Crippen molar-refractivity contribution in [2.24, 2.45) is 17.6 Å². The number of nitrogens with two attached hydrogens (primary N) is 1. The van der Waals surface area contributed by atoms with Crippen LogP contribution in [-0.2, 0) is 32.1 Å². The maximum Gasteiger partial charge on any atom is 0.407 e. The first-order valence-electron chi connectivity index (χ1n) is 13.0. The van der Waals surface area contributed by atoms with Crippen molar-refractivity contribution >= 4 is 69.8 Å². The van der Waals surface area contributed by atoms with E-state index in [2.05, 4.69) is 10.6 Å². The molecule has 1 saturated carbocycles. The second-order valence-corrected chi connectivity index (χ2v) is 13.1. The highest BCUT2D eigenvalue weighted by atomic mass is 35.6. The highest BCUT2D eigenvalue weighted by molar-refractivity contribution is 6.67. The third-order valence-corrected chi connectivity index (χ3v) is 7.72. The summed E-state index contributed by atoms with van der Waals surface area (Å²) in [6, 6.07) is 1.58. The Bertz CT molecular complexity index is 1420. The Kier molecular flexibility index (Phi) is 10.2. The molecule has 0 aliphatic heterocycles. The molecule has 0 bridgehead atoms. The molecule has 1 unspecified atom stereocenters. The van der Waals surface area contributed by atoms with E-state index in [0.717, 1.165) is 0 Å². The number of ether oxygens (including phenoxy) is 1. The Morgan fingerprint density at radius 1 is 1.16 bits per heavy atom. The van der Waals surface area contributed by atoms with Crippen LogP contribution in [0.4, 0.5) is 10.5 Å². The lowest BCUT2D eigenvalue weighted by atomic mass is 9.59. The van der Waals surface area contributed by atoms with E-state index in [1.807, 2.05) is 14.1 Å². The van der Waals surface area contributed by atoms with Gasteiger partial charge in [-0.1, -0.05) is 34.8 Å². The summed E-state index contributed by atoms with van der Waals surface area (Å²) in [5.41, 5.74) is 2.47. The van der Waals surface area contributed by atoms with Gasteiger partial charge in [0.25, 0.3) is 5.91 Å². The standard InChI is InChI=1S/C25H26Cl3N3O9.C2H7N/c1-31(2)13-5-10(7-30-23(38)40-8-24(26,27)28)18(33)16-12(13)4-9-3-11-6-14(32)17(22(29)37)21(36)25(11,39)20(35)15(9)19(16)34;1-3-2/h5,9,11,33-34,36,39H,3-4,6-8H2,1-2H3,(H2,29,37)(H,30,38);3H,1-2H3/t9?,11-,25-;/m0./s1. The minimum atomic E-state index is -2.67. The summed E-state index contributed by atoms with van der Waals surface area (Å²) in [6.07, 6.45) is -1.22. The van der Waals surface area contributed by atoms with Gasteiger partial charge in [-0.15, -0.1) is 0 Å². The Morgan fingerprint density at radius 3 is 2.30 bits per heavy atom. The third kappa shape index (κ3) is 6.50. The van der Waals surface area contributed by atoms with Gasteiger partial charge in [0.15, 0.2) is 11.4 Å². The number of carbonyl (C=O) groups excluding carboxylic acids is 4. The molecule has 1 aromatic rings. The van der Waals surface area contributed by atoms with E-state index < -0.39 is 80.7 Å². The number of phenolic OH excluding ortho intramolecular Hbond substituents is 1. The number of anilines is 1. The lowest BCUT2D eigenvalue weighted by Gasteiger charge is -2.46. The number of aromatic hydroxyl groups is 1. The number of aliphatic hydroxyl groups excluding tert-OH is 2. The number of nitrogens with one attached hydrogen (secondary N) is 2. The maximum atomic E-state index is 13.7. The normalized spacial score (nSPS) is 23.0. The Labute approximate surface area is 262 Å². The molecular weight excluding hydrogens is 631 g/mol. The minimum absolute atomic E-state index is 0.00883. The summed E-state index contributed by atoms with van der Waals surface area (Å²) >= 11 is 16.7. The van der Waals surface area contributed by atoms with Crippen LogP contribution in [0.5, 0.6) is 5.75 Å². The van der Waals surface area contributed by atoms with Gasteiger partial charge in [0.1, 0.15) is 29.4 Å². The first kappa shape index (κ1) is 34.3. The number of fused-ring (bicyclic) bond motifs is 3. The van der Waals surface area contributed by atoms with Gasteiger partial charge in [-0.25, -0.2) is 4.79 Å². The molecule has 0 radical (unpaired) electrons. The summed E-state index contributed by atoms with van der Waals surface area (Å²) in [5, 5.41) is 49.7. The number of halogens is 3. The van der Waals surface area contributed by atoms with Crippen molar-refractivity contribution in [2.45, 2.75) is 35.2 Å². The lowest BCUT2D eigenvalue weighted by molar-refractivity contribution is -0.147. The number of alkyl halides is 3. The minimum Gasteiger partial charge on any atom is -0.508 e. The number of nitrogens with zero attached hydrogens (tertiary/aromatic N) is 1. The number of Topliss-reactive ketones (excluding diaryl/α,β-unsaturated/α-hetero) is 2. The SMILES string of the molecule is CN(C)c1cc(CNC(=O)OCC(Cl)(Cl)Cl)c(O)c2c1CC1C[C@H]3CC(=O)C(C(N)=O)=C(O)[C@@]3(O)C(=O)C1=C2O.CNC. The molecule has 0 aromatic heterocycles. The van der Waals surface area contributed by atoms with Crippen LogP contribution in [-0.4, -0.2) is 88.2 Å². The fourth-order valence-electron chi connectivity index (χ4n) is 5.62. The number of amides is 2. The van der Waals surface area contributed by atoms with E-state index in [1.165, 1.54) is 0 Å². The fourth-order valence-corrected chi connectivity index (χ4v) is 5.79. The predicted octanol–water partition coefficient (Wildman–Crippen LogP) is 1.92. The highest BCUT2D eigenvalue weighted by Gasteiger charge is 2.60. The van der Waals surface area contributed by atoms with E-state index in [1.54, 1.807) is 25.1 Å². The Hall–Kier alpha value is -3.23. The number of hydrogen-bond donors (Lipinski definition) is 7. The summed E-state index contributed by atoms with van der Waals surface area (Å²) in [6.45, 7) is -0.814. The number of primary amides is 1. The highest BCUT2D eigenvalue weighted by Crippen LogP contribution is 2.53. The molecule has 1 aromatic carbocycles. The van der Waals surface area contributed by atoms with Gasteiger partial charge >= 0.3 is 6.09 Å². The molecule has 3 aliphatic rings. The van der Waals surface area contributed by atoms with Crippen molar-refractivity contribution in [1.29, 1.82) is 0 Å². The average Bonchev–Trinajstić information content (AvgIpc) is 2.88. The maximum absolute atomic E-state index is 13.7. The van der Waals surface area contributed by atoms with Crippen molar-refractivity contribution in [3.8, 4) is 5.75 Å². The molecule has 3 atom stereocenters. The number of carbonyl (C=O) groups is 4. The second kappa shape index (κ2) is 12.8. The zero-order valence-electron chi connectivity index (χ0n) is 23.8. The second-order valence-electron chi connectivity index (χ2n) is 10.6. The van der Waals surface area contributed by atoms with Crippen molar-refractivity contribution in [1.82, 2.24) is 10.6 Å². The monoisotopic (exact) mass is 662 g/mol. The first-order chi connectivity index (χ1) is 19.9. The third-order valence-electron chi connectivity index (χ3n) is 7.39. The van der Waals surface area contributed by atoms with Crippen molar-refractivity contribution in [2.75, 3.05) is 39.7 Å². The van der Waals surface area contributed by atoms with E-state index >= 15 is 0 Å². The number of phenols is 1. The molecule has 16 heteroatoms. The first-order valence-corrected chi connectivity index (χ1v) is 14.1. The molecular formula is C27H33Cl3N4O9. The molecule has 0 saturated heterocycles. The molecule has 43 heavy (non-hydrogen) atoms. The number of benzene rings is 1. The molecule has 4 rings (SSSR count). The van der Waals surface area contributed by atoms with E-state index in [0.29, 0.717) is 11.3 Å². The molecule has 3 aliphatic carbocycles. The van der Waals surface area contributed by atoms with Gasteiger partial charge in [0.05, 0.1) is 5.56 Å². The predicted molar refractivity (Wildman–Crippen MR) is 159 cm³/mol. The summed E-state index contributed by atoms with van der Waals surface area (Å²) in [7, 11) is 7.18. The summed E-state index contributed by atoms with van der Waals surface area (Å²) in [5.74, 6) is -7.20. The summed E-state index contributed by atoms with van der Waals surface area (Å²) < 4.78 is 2.98. The van der Waals surface area contributed by atoms with Crippen LogP contribution in [0.3, 0.4) is 0 Å². The smallest absolute Gasteiger partial charge is 0.407 e. The topological polar surface area (TPSA) is 212 Å². The van der Waals surface area contributed by atoms with Gasteiger partial charge < -0.3 is 46.4 Å². The average molecular weight is 664 g/mol. The molecule has 0 spiro atoms. The molecule has 13 nitrogen and oxygen atoms in total. The van der Waals surface area contributed by atoms with Crippen molar-refractivity contribution in [3.05, 3.63) is 39.7 Å². The van der Waals surface area contributed by atoms with E-state index in [9.17, 15) is 39.6 Å². The molecule has 2 amide bonds. The van der Waals surface area contributed by atoms with E-state index in [4.69, 9.17) is 45.3 Å².